The van der Waals surface area contributed by atoms with Gasteiger partial charge in [-0.2, -0.15) is 5.10 Å². The Morgan fingerprint density at radius 1 is 1.30 bits per heavy atom. The van der Waals surface area contributed by atoms with Crippen LogP contribution in [0.3, 0.4) is 0 Å². The lowest BCUT2D eigenvalue weighted by Gasteiger charge is -2.15. The summed E-state index contributed by atoms with van der Waals surface area (Å²) < 4.78 is 29.1. The molecule has 6 nitrogen and oxygen atoms in total. The van der Waals surface area contributed by atoms with Crippen molar-refractivity contribution in [2.45, 2.75) is 30.3 Å². The molecule has 0 spiro atoms. The predicted octanol–water partition coefficient (Wildman–Crippen LogP) is 1.37. The zero-order chi connectivity index (χ0) is 15.6. The quantitative estimate of drug-likeness (QED) is 0.784. The van der Waals surface area contributed by atoms with Crippen LogP contribution in [0, 0.1) is 5.92 Å². The highest BCUT2D eigenvalue weighted by Gasteiger charge is 2.33. The molecular formula is C15H21ClN4O2S. The monoisotopic (exact) mass is 356 g/mol. The second-order valence-electron chi connectivity index (χ2n) is 5.66. The molecule has 126 valence electrons. The van der Waals surface area contributed by atoms with Crippen LogP contribution in [0.25, 0.3) is 0 Å². The Labute approximate surface area is 142 Å². The van der Waals surface area contributed by atoms with Gasteiger partial charge in [-0.25, -0.2) is 13.1 Å². The molecule has 1 fully saturated rings. The highest BCUT2D eigenvalue weighted by Crippen LogP contribution is 2.32. The molecule has 0 saturated heterocycles. The van der Waals surface area contributed by atoms with Gasteiger partial charge in [-0.1, -0.05) is 30.3 Å². The molecule has 1 aliphatic carbocycles. The first-order valence-corrected chi connectivity index (χ1v) is 8.85. The molecule has 2 aromatic rings. The average Bonchev–Trinajstić information content (AvgIpc) is 3.25. The molecular weight excluding hydrogens is 336 g/mol. The maximum absolute atomic E-state index is 12.4. The smallest absolute Gasteiger partial charge is 0.243 e. The van der Waals surface area contributed by atoms with E-state index in [-0.39, 0.29) is 23.3 Å². The maximum Gasteiger partial charge on any atom is 0.243 e. The highest BCUT2D eigenvalue weighted by molar-refractivity contribution is 7.89. The van der Waals surface area contributed by atoms with E-state index in [2.05, 4.69) is 9.82 Å². The lowest BCUT2D eigenvalue weighted by molar-refractivity contribution is 0.519. The standard InChI is InChI=1S/C15H20N4O2S.ClH/c16-8-15(13-6-7-13)18-22(20,21)14-9-17-19(11-14)10-12-4-2-1-3-5-12;/h1-5,9,11,13,15,18H,6-8,10,16H2;1H. The second kappa shape index (κ2) is 7.44. The van der Waals surface area contributed by atoms with Crippen LogP contribution in [-0.2, 0) is 16.6 Å². The van der Waals surface area contributed by atoms with Crippen molar-refractivity contribution in [2.24, 2.45) is 11.7 Å². The van der Waals surface area contributed by atoms with Crippen LogP contribution in [0.1, 0.15) is 18.4 Å². The Balaban J connectivity index is 0.00000192. The van der Waals surface area contributed by atoms with Crippen molar-refractivity contribution in [3.63, 3.8) is 0 Å². The lowest BCUT2D eigenvalue weighted by atomic mass is 10.2. The minimum Gasteiger partial charge on any atom is -0.329 e. The van der Waals surface area contributed by atoms with Crippen molar-refractivity contribution in [2.75, 3.05) is 6.54 Å². The number of sulfonamides is 1. The molecule has 1 unspecified atom stereocenters. The molecule has 1 aromatic carbocycles. The summed E-state index contributed by atoms with van der Waals surface area (Å²) in [5.74, 6) is 0.374. The van der Waals surface area contributed by atoms with Gasteiger partial charge in [-0.05, 0) is 24.3 Å². The number of hydrogen-bond acceptors (Lipinski definition) is 4. The summed E-state index contributed by atoms with van der Waals surface area (Å²) in [6, 6.07) is 9.61. The van der Waals surface area contributed by atoms with Crippen molar-refractivity contribution in [1.29, 1.82) is 0 Å². The van der Waals surface area contributed by atoms with E-state index in [4.69, 9.17) is 5.73 Å². The van der Waals surface area contributed by atoms with Gasteiger partial charge < -0.3 is 5.73 Å². The Kier molecular flexibility index (Phi) is 5.80. The molecule has 1 saturated carbocycles. The largest absolute Gasteiger partial charge is 0.329 e. The van der Waals surface area contributed by atoms with Crippen molar-refractivity contribution in [3.05, 3.63) is 48.3 Å². The van der Waals surface area contributed by atoms with Gasteiger partial charge in [0.1, 0.15) is 4.90 Å². The van der Waals surface area contributed by atoms with Gasteiger partial charge in [0.15, 0.2) is 0 Å². The fourth-order valence-corrected chi connectivity index (χ4v) is 3.71. The van der Waals surface area contributed by atoms with Crippen molar-refractivity contribution in [1.82, 2.24) is 14.5 Å². The predicted molar refractivity (Wildman–Crippen MR) is 90.9 cm³/mol. The fraction of sp³-hybridized carbons (Fsp3) is 0.400. The van der Waals surface area contributed by atoms with Crippen LogP contribution in [0.4, 0.5) is 0 Å². The van der Waals surface area contributed by atoms with Gasteiger partial charge in [-0.15, -0.1) is 12.4 Å². The minimum absolute atomic E-state index is 0. The third-order valence-corrected chi connectivity index (χ3v) is 5.30. The van der Waals surface area contributed by atoms with E-state index in [1.807, 2.05) is 30.3 Å². The third-order valence-electron chi connectivity index (χ3n) is 3.86. The molecule has 0 amide bonds. The molecule has 1 aliphatic rings. The molecule has 23 heavy (non-hydrogen) atoms. The van der Waals surface area contributed by atoms with Gasteiger partial charge in [-0.3, -0.25) is 4.68 Å². The zero-order valence-electron chi connectivity index (χ0n) is 12.6. The van der Waals surface area contributed by atoms with Crippen LogP contribution >= 0.6 is 12.4 Å². The van der Waals surface area contributed by atoms with Gasteiger partial charge in [0.25, 0.3) is 0 Å². The van der Waals surface area contributed by atoms with Gasteiger partial charge in [0.05, 0.1) is 12.7 Å². The van der Waals surface area contributed by atoms with E-state index in [9.17, 15) is 8.42 Å². The number of nitrogens with zero attached hydrogens (tertiary/aromatic N) is 2. The summed E-state index contributed by atoms with van der Waals surface area (Å²) >= 11 is 0. The number of nitrogens with one attached hydrogen (secondary N) is 1. The Bertz CT molecular complexity index is 729. The summed E-state index contributed by atoms with van der Waals surface area (Å²) in [4.78, 5) is 0.183. The molecule has 0 bridgehead atoms. The van der Waals surface area contributed by atoms with Crippen LogP contribution in [0.5, 0.6) is 0 Å². The molecule has 3 N–H and O–H groups in total. The van der Waals surface area contributed by atoms with E-state index < -0.39 is 10.0 Å². The molecule has 1 atom stereocenters. The Morgan fingerprint density at radius 3 is 2.61 bits per heavy atom. The first kappa shape index (κ1) is 17.9. The van der Waals surface area contributed by atoms with E-state index in [0.29, 0.717) is 19.0 Å². The molecule has 1 heterocycles. The van der Waals surface area contributed by atoms with Gasteiger partial charge >= 0.3 is 0 Å². The first-order valence-electron chi connectivity index (χ1n) is 7.37. The maximum atomic E-state index is 12.4. The summed E-state index contributed by atoms with van der Waals surface area (Å²) in [7, 11) is -3.56. The normalized spacial score (nSPS) is 15.9. The summed E-state index contributed by atoms with van der Waals surface area (Å²) in [5, 5.41) is 4.14. The summed E-state index contributed by atoms with van der Waals surface area (Å²) in [6.07, 6.45) is 5.01. The van der Waals surface area contributed by atoms with Gasteiger partial charge in [0.2, 0.25) is 10.0 Å². The Morgan fingerprint density at radius 2 is 2.00 bits per heavy atom. The SMILES string of the molecule is Cl.NCC(NS(=O)(=O)c1cnn(Cc2ccccc2)c1)C1CC1. The highest BCUT2D eigenvalue weighted by atomic mass is 35.5. The number of aromatic nitrogens is 2. The minimum atomic E-state index is -3.56. The molecule has 0 radical (unpaired) electrons. The molecule has 0 aliphatic heterocycles. The first-order chi connectivity index (χ1) is 10.6. The molecule has 1 aromatic heterocycles. The van der Waals surface area contributed by atoms with Gasteiger partial charge in [0, 0.05) is 18.8 Å². The van der Waals surface area contributed by atoms with Crippen LogP contribution in [0.15, 0.2) is 47.6 Å². The Hall–Kier alpha value is -1.41. The summed E-state index contributed by atoms with van der Waals surface area (Å²) in [5.41, 5.74) is 6.73. The number of nitrogens with two attached hydrogens (primary N) is 1. The number of rotatable bonds is 7. The molecule has 8 heteroatoms. The lowest BCUT2D eigenvalue weighted by Crippen LogP contribution is -2.41. The van der Waals surface area contributed by atoms with E-state index >= 15 is 0 Å². The van der Waals surface area contributed by atoms with Crippen LogP contribution < -0.4 is 10.5 Å². The van der Waals surface area contributed by atoms with Crippen molar-refractivity contribution in [3.8, 4) is 0 Å². The fourth-order valence-electron chi connectivity index (χ4n) is 2.44. The second-order valence-corrected chi connectivity index (χ2v) is 7.37. The zero-order valence-corrected chi connectivity index (χ0v) is 14.3. The van der Waals surface area contributed by atoms with Crippen molar-refractivity contribution >= 4 is 22.4 Å². The van der Waals surface area contributed by atoms with Crippen LogP contribution in [-0.4, -0.2) is 30.8 Å². The van der Waals surface area contributed by atoms with Crippen molar-refractivity contribution < 1.29 is 8.42 Å². The molecule has 3 rings (SSSR count). The number of halogens is 1. The topological polar surface area (TPSA) is 90.0 Å². The number of hydrogen-bond donors (Lipinski definition) is 2. The van der Waals surface area contributed by atoms with E-state index in [1.54, 1.807) is 10.9 Å². The third kappa shape index (κ3) is 4.54. The van der Waals surface area contributed by atoms with E-state index in [1.165, 1.54) is 6.20 Å². The summed E-state index contributed by atoms with van der Waals surface area (Å²) in [6.45, 7) is 0.862. The van der Waals surface area contributed by atoms with Crippen LogP contribution in [0.2, 0.25) is 0 Å². The average molecular weight is 357 g/mol. The van der Waals surface area contributed by atoms with E-state index in [0.717, 1.165) is 18.4 Å². The number of benzene rings is 1.